The van der Waals surface area contributed by atoms with Crippen molar-refractivity contribution in [2.75, 3.05) is 17.9 Å². The number of hydrogen-bond donors (Lipinski definition) is 1. The van der Waals surface area contributed by atoms with Crippen molar-refractivity contribution in [3.63, 3.8) is 0 Å². The Morgan fingerprint density at radius 1 is 1.41 bits per heavy atom. The zero-order valence-electron chi connectivity index (χ0n) is 9.10. The van der Waals surface area contributed by atoms with Crippen LogP contribution in [-0.2, 0) is 14.8 Å². The Hall–Kier alpha value is -0.850. The first-order chi connectivity index (χ1) is 8.09. The molecular weight excluding hydrogens is 264 g/mol. The topological polar surface area (TPSA) is 68.3 Å². The minimum Gasteiger partial charge on any atom is -0.381 e. The molecule has 5 nitrogen and oxygen atoms in total. The van der Waals surface area contributed by atoms with Crippen molar-refractivity contribution in [1.82, 2.24) is 4.98 Å². The van der Waals surface area contributed by atoms with Gasteiger partial charge in [-0.25, -0.2) is 8.42 Å². The molecule has 2 heterocycles. The largest absolute Gasteiger partial charge is 0.381 e. The fourth-order valence-electron chi connectivity index (χ4n) is 1.68. The van der Waals surface area contributed by atoms with E-state index in [9.17, 15) is 8.42 Å². The van der Waals surface area contributed by atoms with Crippen LogP contribution in [0, 0.1) is 0 Å². The maximum atomic E-state index is 12.1. The first-order valence-electron chi connectivity index (χ1n) is 5.28. The summed E-state index contributed by atoms with van der Waals surface area (Å²) in [5.41, 5.74) is 0.320. The van der Waals surface area contributed by atoms with E-state index in [1.54, 1.807) is 6.07 Å². The fraction of sp³-hybridized carbons (Fsp3) is 0.500. The number of pyridine rings is 1. The molecule has 1 N–H and O–H groups in total. The Balaban J connectivity index is 2.14. The molecule has 0 amide bonds. The van der Waals surface area contributed by atoms with Crippen molar-refractivity contribution in [3.05, 3.63) is 23.5 Å². The molecule has 0 radical (unpaired) electrons. The molecule has 94 valence electrons. The number of rotatable bonds is 3. The maximum Gasteiger partial charge on any atom is 0.235 e. The van der Waals surface area contributed by atoms with E-state index in [0.29, 0.717) is 36.8 Å². The Kier molecular flexibility index (Phi) is 3.86. The fourth-order valence-corrected chi connectivity index (χ4v) is 3.33. The molecule has 17 heavy (non-hydrogen) atoms. The van der Waals surface area contributed by atoms with Crippen LogP contribution < -0.4 is 4.72 Å². The van der Waals surface area contributed by atoms with Gasteiger partial charge in [0.1, 0.15) is 0 Å². The molecule has 2 rings (SSSR count). The second-order valence-electron chi connectivity index (χ2n) is 3.81. The Bertz CT molecular complexity index is 486. The van der Waals surface area contributed by atoms with Crippen LogP contribution in [0.4, 0.5) is 5.69 Å². The monoisotopic (exact) mass is 276 g/mol. The number of aromatic nitrogens is 1. The maximum absolute atomic E-state index is 12.1. The van der Waals surface area contributed by atoms with E-state index in [1.165, 1.54) is 12.4 Å². The molecule has 0 saturated carbocycles. The third-order valence-electron chi connectivity index (χ3n) is 2.63. The number of nitrogens with zero attached hydrogens (tertiary/aromatic N) is 1. The van der Waals surface area contributed by atoms with E-state index < -0.39 is 15.3 Å². The number of sulfonamides is 1. The summed E-state index contributed by atoms with van der Waals surface area (Å²) in [5.74, 6) is 0. The van der Waals surface area contributed by atoms with Crippen LogP contribution in [-0.4, -0.2) is 31.9 Å². The van der Waals surface area contributed by atoms with Gasteiger partial charge in [0.2, 0.25) is 10.0 Å². The molecule has 0 aliphatic carbocycles. The van der Waals surface area contributed by atoms with Crippen LogP contribution in [0.5, 0.6) is 0 Å². The van der Waals surface area contributed by atoms with Gasteiger partial charge in [-0.3, -0.25) is 9.71 Å². The van der Waals surface area contributed by atoms with Gasteiger partial charge in [0.25, 0.3) is 0 Å². The average molecular weight is 277 g/mol. The summed E-state index contributed by atoms with van der Waals surface area (Å²) < 4.78 is 31.7. The quantitative estimate of drug-likeness (QED) is 0.912. The molecule has 1 aromatic heterocycles. The van der Waals surface area contributed by atoms with Gasteiger partial charge in [-0.2, -0.15) is 0 Å². The number of nitrogens with one attached hydrogen (secondary N) is 1. The van der Waals surface area contributed by atoms with Crippen LogP contribution in [0.3, 0.4) is 0 Å². The Morgan fingerprint density at radius 2 is 2.12 bits per heavy atom. The first kappa shape index (κ1) is 12.6. The van der Waals surface area contributed by atoms with Crippen molar-refractivity contribution < 1.29 is 13.2 Å². The van der Waals surface area contributed by atoms with E-state index >= 15 is 0 Å². The lowest BCUT2D eigenvalue weighted by molar-refractivity contribution is 0.0984. The van der Waals surface area contributed by atoms with Crippen molar-refractivity contribution in [1.29, 1.82) is 0 Å². The Labute approximate surface area is 105 Å². The zero-order valence-corrected chi connectivity index (χ0v) is 10.7. The standard InChI is InChI=1S/C10H13ClN2O3S/c11-9-1-4-12-7-10(9)13-17(14,15)8-2-5-16-6-3-8/h1,4,7-8,13H,2-3,5-6H2. The normalized spacial score (nSPS) is 17.9. The highest BCUT2D eigenvalue weighted by atomic mass is 35.5. The van der Waals surface area contributed by atoms with E-state index in [1.807, 2.05) is 0 Å². The number of halogens is 1. The van der Waals surface area contributed by atoms with Gasteiger partial charge >= 0.3 is 0 Å². The molecule has 7 heteroatoms. The highest BCUT2D eigenvalue weighted by Crippen LogP contribution is 2.24. The molecule has 1 aliphatic rings. The van der Waals surface area contributed by atoms with Crippen LogP contribution in [0.25, 0.3) is 0 Å². The predicted octanol–water partition coefficient (Wildman–Crippen LogP) is 1.66. The number of anilines is 1. The van der Waals surface area contributed by atoms with Gasteiger partial charge in [0.15, 0.2) is 0 Å². The first-order valence-corrected chi connectivity index (χ1v) is 7.21. The SMILES string of the molecule is O=S(=O)(Nc1cnccc1Cl)C1CCOCC1. The smallest absolute Gasteiger partial charge is 0.235 e. The lowest BCUT2D eigenvalue weighted by Gasteiger charge is -2.22. The van der Waals surface area contributed by atoms with Gasteiger partial charge in [-0.05, 0) is 18.9 Å². The van der Waals surface area contributed by atoms with Crippen molar-refractivity contribution in [2.24, 2.45) is 0 Å². The molecular formula is C10H13ClN2O3S. The minimum atomic E-state index is -3.41. The molecule has 1 fully saturated rings. The minimum absolute atomic E-state index is 0.320. The summed E-state index contributed by atoms with van der Waals surface area (Å²) in [6.07, 6.45) is 3.92. The average Bonchev–Trinajstić information content (AvgIpc) is 2.33. The van der Waals surface area contributed by atoms with Crippen LogP contribution in [0.2, 0.25) is 5.02 Å². The molecule has 0 unspecified atom stereocenters. The van der Waals surface area contributed by atoms with Crippen LogP contribution >= 0.6 is 11.6 Å². The van der Waals surface area contributed by atoms with Gasteiger partial charge in [0, 0.05) is 19.4 Å². The number of ether oxygens (including phenoxy) is 1. The van der Waals surface area contributed by atoms with Crippen molar-refractivity contribution in [2.45, 2.75) is 18.1 Å². The molecule has 0 spiro atoms. The van der Waals surface area contributed by atoms with Crippen molar-refractivity contribution >= 4 is 27.3 Å². The van der Waals surface area contributed by atoms with Crippen LogP contribution in [0.1, 0.15) is 12.8 Å². The predicted molar refractivity (Wildman–Crippen MR) is 65.6 cm³/mol. The zero-order chi connectivity index (χ0) is 12.3. The van der Waals surface area contributed by atoms with Crippen molar-refractivity contribution in [3.8, 4) is 0 Å². The van der Waals surface area contributed by atoms with Gasteiger partial charge < -0.3 is 4.74 Å². The molecule has 0 atom stereocenters. The highest BCUT2D eigenvalue weighted by Gasteiger charge is 2.28. The van der Waals surface area contributed by atoms with Gasteiger partial charge in [-0.1, -0.05) is 11.6 Å². The second kappa shape index (κ2) is 5.20. The van der Waals surface area contributed by atoms with Gasteiger partial charge in [0.05, 0.1) is 22.2 Å². The summed E-state index contributed by atoms with van der Waals surface area (Å²) in [7, 11) is -3.41. The highest BCUT2D eigenvalue weighted by molar-refractivity contribution is 7.93. The lowest BCUT2D eigenvalue weighted by atomic mass is 10.2. The molecule has 1 aromatic rings. The Morgan fingerprint density at radius 3 is 2.76 bits per heavy atom. The van der Waals surface area contributed by atoms with Gasteiger partial charge in [-0.15, -0.1) is 0 Å². The third-order valence-corrected chi connectivity index (χ3v) is 4.81. The van der Waals surface area contributed by atoms with E-state index in [-0.39, 0.29) is 0 Å². The molecule has 1 saturated heterocycles. The van der Waals surface area contributed by atoms with Crippen LogP contribution in [0.15, 0.2) is 18.5 Å². The summed E-state index contributed by atoms with van der Waals surface area (Å²) in [6, 6.07) is 1.55. The third kappa shape index (κ3) is 3.08. The number of hydrogen-bond acceptors (Lipinski definition) is 4. The summed E-state index contributed by atoms with van der Waals surface area (Å²) in [4.78, 5) is 3.84. The van der Waals surface area contributed by atoms with E-state index in [2.05, 4.69) is 9.71 Å². The molecule has 0 bridgehead atoms. The van der Waals surface area contributed by atoms with E-state index in [0.717, 1.165) is 0 Å². The summed E-state index contributed by atoms with van der Waals surface area (Å²) in [6.45, 7) is 0.957. The summed E-state index contributed by atoms with van der Waals surface area (Å²) >= 11 is 5.88. The van der Waals surface area contributed by atoms with E-state index in [4.69, 9.17) is 16.3 Å². The summed E-state index contributed by atoms with van der Waals surface area (Å²) in [5, 5.41) is -0.0804. The molecule has 1 aliphatic heterocycles. The molecule has 0 aromatic carbocycles. The second-order valence-corrected chi connectivity index (χ2v) is 6.18. The lowest BCUT2D eigenvalue weighted by Crippen LogP contribution is -2.33.